The van der Waals surface area contributed by atoms with Gasteiger partial charge in [-0.25, -0.2) is 9.18 Å². The molecule has 0 aliphatic heterocycles. The molecule has 0 aliphatic carbocycles. The summed E-state index contributed by atoms with van der Waals surface area (Å²) in [6.07, 6.45) is -1.99. The first kappa shape index (κ1) is 13.8. The van der Waals surface area contributed by atoms with Crippen LogP contribution in [0.2, 0.25) is 0 Å². The molecule has 0 heterocycles. The zero-order valence-electron chi connectivity index (χ0n) is 9.29. The minimum absolute atomic E-state index is 0.0337. The average molecular weight is 259 g/mol. The lowest BCUT2D eigenvalue weighted by Crippen LogP contribution is -2.16. The Kier molecular flexibility index (Phi) is 4.16. The third kappa shape index (κ3) is 2.72. The Bertz CT molecular complexity index is 490. The van der Waals surface area contributed by atoms with Gasteiger partial charge in [0.15, 0.2) is 6.10 Å². The van der Waals surface area contributed by atoms with Crippen molar-refractivity contribution in [2.24, 2.45) is 0 Å². The van der Waals surface area contributed by atoms with Crippen LogP contribution in [-0.4, -0.2) is 27.7 Å². The molecule has 1 rings (SSSR count). The van der Waals surface area contributed by atoms with Crippen molar-refractivity contribution in [2.45, 2.75) is 13.0 Å². The smallest absolute Gasteiger partial charge is 0.339 e. The zero-order valence-corrected chi connectivity index (χ0v) is 9.29. The number of hydrogen-bond acceptors (Lipinski definition) is 6. The second kappa shape index (κ2) is 5.41. The molecule has 18 heavy (non-hydrogen) atoms. The molecule has 1 atom stereocenters. The van der Waals surface area contributed by atoms with E-state index < -0.39 is 39.8 Å². The molecule has 8 heteroatoms. The molecule has 0 fully saturated rings. The van der Waals surface area contributed by atoms with Gasteiger partial charge in [-0.15, -0.1) is 0 Å². The molecule has 0 radical (unpaired) electrons. The molecular formula is C10H10FNO6. The Morgan fingerprint density at radius 2 is 2.22 bits per heavy atom. The first-order valence-electron chi connectivity index (χ1n) is 4.90. The van der Waals surface area contributed by atoms with E-state index in [4.69, 9.17) is 0 Å². The number of aliphatic hydroxyl groups excluding tert-OH is 1. The summed E-state index contributed by atoms with van der Waals surface area (Å²) in [5.41, 5.74) is -1.55. The standard InChI is InChI=1S/C10H10FNO6/c1-2-18-10(15)9(14)6-3-5(11)4-7(8(6)13)12(16)17/h3-4,9,13-14H,2H2,1H3. The number of aromatic hydroxyl groups is 1. The number of rotatable bonds is 4. The number of carbonyl (C=O) groups is 1. The zero-order chi connectivity index (χ0) is 13.9. The van der Waals surface area contributed by atoms with Crippen LogP contribution >= 0.6 is 0 Å². The van der Waals surface area contributed by atoms with Crippen molar-refractivity contribution in [1.82, 2.24) is 0 Å². The first-order chi connectivity index (χ1) is 8.38. The number of phenolic OH excluding ortho intramolecular Hbond substituents is 1. The number of aliphatic hydroxyl groups is 1. The monoisotopic (exact) mass is 259 g/mol. The van der Waals surface area contributed by atoms with E-state index in [1.54, 1.807) is 0 Å². The molecule has 1 unspecified atom stereocenters. The largest absolute Gasteiger partial charge is 0.502 e. The normalized spacial score (nSPS) is 11.9. The molecule has 98 valence electrons. The van der Waals surface area contributed by atoms with Crippen molar-refractivity contribution < 1.29 is 29.1 Å². The van der Waals surface area contributed by atoms with Gasteiger partial charge in [-0.05, 0) is 13.0 Å². The molecule has 0 amide bonds. The van der Waals surface area contributed by atoms with Crippen LogP contribution in [0.4, 0.5) is 10.1 Å². The van der Waals surface area contributed by atoms with E-state index in [2.05, 4.69) is 4.74 Å². The summed E-state index contributed by atoms with van der Waals surface area (Å²) in [4.78, 5) is 20.7. The van der Waals surface area contributed by atoms with Crippen molar-refractivity contribution in [1.29, 1.82) is 0 Å². The van der Waals surface area contributed by atoms with E-state index in [9.17, 15) is 29.5 Å². The van der Waals surface area contributed by atoms with Crippen LogP contribution in [-0.2, 0) is 9.53 Å². The average Bonchev–Trinajstić information content (AvgIpc) is 2.30. The molecule has 0 spiro atoms. The highest BCUT2D eigenvalue weighted by atomic mass is 19.1. The van der Waals surface area contributed by atoms with Gasteiger partial charge in [0.2, 0.25) is 5.75 Å². The summed E-state index contributed by atoms with van der Waals surface area (Å²) in [7, 11) is 0. The molecule has 1 aromatic carbocycles. The van der Waals surface area contributed by atoms with E-state index >= 15 is 0 Å². The van der Waals surface area contributed by atoms with Gasteiger partial charge in [0.1, 0.15) is 5.82 Å². The maximum absolute atomic E-state index is 13.1. The van der Waals surface area contributed by atoms with E-state index in [0.717, 1.165) is 0 Å². The molecule has 0 saturated heterocycles. The third-order valence-electron chi connectivity index (χ3n) is 2.09. The number of nitro groups is 1. The number of nitrogens with zero attached hydrogens (tertiary/aromatic N) is 1. The van der Waals surface area contributed by atoms with E-state index in [1.165, 1.54) is 6.92 Å². The van der Waals surface area contributed by atoms with Crippen LogP contribution in [0.25, 0.3) is 0 Å². The Morgan fingerprint density at radius 3 is 2.72 bits per heavy atom. The highest BCUT2D eigenvalue weighted by Crippen LogP contribution is 2.34. The Morgan fingerprint density at radius 1 is 1.61 bits per heavy atom. The van der Waals surface area contributed by atoms with Gasteiger partial charge in [-0.2, -0.15) is 0 Å². The molecule has 0 aromatic heterocycles. The van der Waals surface area contributed by atoms with Gasteiger partial charge in [0, 0.05) is 5.56 Å². The van der Waals surface area contributed by atoms with Crippen LogP contribution in [0.1, 0.15) is 18.6 Å². The lowest BCUT2D eigenvalue weighted by molar-refractivity contribution is -0.386. The van der Waals surface area contributed by atoms with Crippen molar-refractivity contribution in [3.05, 3.63) is 33.6 Å². The van der Waals surface area contributed by atoms with Gasteiger partial charge in [-0.1, -0.05) is 0 Å². The van der Waals surface area contributed by atoms with E-state index in [0.29, 0.717) is 12.1 Å². The molecule has 7 nitrogen and oxygen atoms in total. The van der Waals surface area contributed by atoms with Gasteiger partial charge in [-0.3, -0.25) is 10.1 Å². The summed E-state index contributed by atoms with van der Waals surface area (Å²) in [5.74, 6) is -3.16. The van der Waals surface area contributed by atoms with Crippen LogP contribution < -0.4 is 0 Å². The van der Waals surface area contributed by atoms with Crippen molar-refractivity contribution in [3.8, 4) is 5.75 Å². The van der Waals surface area contributed by atoms with Crippen molar-refractivity contribution in [3.63, 3.8) is 0 Å². The third-order valence-corrected chi connectivity index (χ3v) is 2.09. The van der Waals surface area contributed by atoms with Crippen molar-refractivity contribution >= 4 is 11.7 Å². The van der Waals surface area contributed by atoms with Gasteiger partial charge in [0.05, 0.1) is 17.6 Å². The number of esters is 1. The quantitative estimate of drug-likeness (QED) is 0.475. The van der Waals surface area contributed by atoms with Crippen LogP contribution in [0.5, 0.6) is 5.75 Å². The Balaban J connectivity index is 3.24. The predicted octanol–water partition coefficient (Wildman–Crippen LogP) is 1.04. The van der Waals surface area contributed by atoms with Gasteiger partial charge in [0.25, 0.3) is 0 Å². The lowest BCUT2D eigenvalue weighted by atomic mass is 10.1. The van der Waals surface area contributed by atoms with Crippen molar-refractivity contribution in [2.75, 3.05) is 6.61 Å². The fourth-order valence-electron chi connectivity index (χ4n) is 1.30. The summed E-state index contributed by atoms with van der Waals surface area (Å²) < 4.78 is 17.6. The number of benzene rings is 1. The Labute approximate surface area is 101 Å². The summed E-state index contributed by atoms with van der Waals surface area (Å²) >= 11 is 0. The number of halogens is 1. The topological polar surface area (TPSA) is 110 Å². The van der Waals surface area contributed by atoms with E-state index in [-0.39, 0.29) is 6.61 Å². The van der Waals surface area contributed by atoms with Gasteiger partial charge < -0.3 is 14.9 Å². The van der Waals surface area contributed by atoms with E-state index in [1.807, 2.05) is 0 Å². The Hall–Kier alpha value is -2.22. The fraction of sp³-hybridized carbons (Fsp3) is 0.300. The van der Waals surface area contributed by atoms with Crippen LogP contribution in [0, 0.1) is 15.9 Å². The first-order valence-corrected chi connectivity index (χ1v) is 4.90. The second-order valence-corrected chi connectivity index (χ2v) is 3.27. The maximum Gasteiger partial charge on any atom is 0.339 e. The fourth-order valence-corrected chi connectivity index (χ4v) is 1.30. The highest BCUT2D eigenvalue weighted by Gasteiger charge is 2.28. The number of phenols is 1. The SMILES string of the molecule is CCOC(=O)C(O)c1cc(F)cc([N+](=O)[O-])c1O. The predicted molar refractivity (Wildman–Crippen MR) is 56.3 cm³/mol. The second-order valence-electron chi connectivity index (χ2n) is 3.27. The maximum atomic E-state index is 13.1. The highest BCUT2D eigenvalue weighted by molar-refractivity contribution is 5.78. The number of ether oxygens (including phenoxy) is 1. The number of carbonyl (C=O) groups excluding carboxylic acids is 1. The molecule has 0 aliphatic rings. The molecule has 0 bridgehead atoms. The summed E-state index contributed by atoms with van der Waals surface area (Å²) in [5, 5.41) is 29.5. The molecule has 0 saturated carbocycles. The minimum atomic E-state index is -1.99. The minimum Gasteiger partial charge on any atom is -0.502 e. The number of hydrogen-bond donors (Lipinski definition) is 2. The molecule has 1 aromatic rings. The summed E-state index contributed by atoms with van der Waals surface area (Å²) in [6, 6.07) is 1.11. The lowest BCUT2D eigenvalue weighted by Gasteiger charge is -2.11. The molecule has 2 N–H and O–H groups in total. The van der Waals surface area contributed by atoms with Gasteiger partial charge >= 0.3 is 11.7 Å². The summed E-state index contributed by atoms with van der Waals surface area (Å²) in [6.45, 7) is 1.45. The van der Waals surface area contributed by atoms with Crippen LogP contribution in [0.15, 0.2) is 12.1 Å². The van der Waals surface area contributed by atoms with Crippen LogP contribution in [0.3, 0.4) is 0 Å². The number of nitro benzene ring substituents is 1. The molecular weight excluding hydrogens is 249 g/mol.